The predicted octanol–water partition coefficient (Wildman–Crippen LogP) is 2.77. The van der Waals surface area contributed by atoms with Crippen LogP contribution in [-0.4, -0.2) is 39.9 Å². The smallest absolute Gasteiger partial charge is 0.243 e. The highest BCUT2D eigenvalue weighted by Gasteiger charge is 2.07. The van der Waals surface area contributed by atoms with E-state index in [1.165, 1.54) is 0 Å². The second-order valence-electron chi connectivity index (χ2n) is 4.97. The van der Waals surface area contributed by atoms with Gasteiger partial charge < -0.3 is 24.8 Å². The van der Waals surface area contributed by atoms with E-state index in [1.54, 1.807) is 26.4 Å². The van der Waals surface area contributed by atoms with Gasteiger partial charge in [0.25, 0.3) is 0 Å². The molecule has 2 rings (SSSR count). The van der Waals surface area contributed by atoms with Crippen LogP contribution in [0.15, 0.2) is 48.5 Å². The van der Waals surface area contributed by atoms with Crippen molar-refractivity contribution in [3.05, 3.63) is 48.5 Å². The summed E-state index contributed by atoms with van der Waals surface area (Å²) in [5, 5.41) is 5.88. The number of benzene rings is 2. The molecule has 0 unspecified atom stereocenters. The van der Waals surface area contributed by atoms with Gasteiger partial charge in [0.2, 0.25) is 5.91 Å². The van der Waals surface area contributed by atoms with Crippen LogP contribution in [0.3, 0.4) is 0 Å². The molecular formula is C18H22N2O4. The van der Waals surface area contributed by atoms with E-state index < -0.39 is 0 Å². The van der Waals surface area contributed by atoms with Crippen molar-refractivity contribution in [2.75, 3.05) is 44.6 Å². The lowest BCUT2D eigenvalue weighted by atomic mass is 10.3. The van der Waals surface area contributed by atoms with E-state index in [4.69, 9.17) is 14.2 Å². The maximum Gasteiger partial charge on any atom is 0.243 e. The van der Waals surface area contributed by atoms with Gasteiger partial charge in [0.1, 0.15) is 18.1 Å². The van der Waals surface area contributed by atoms with Gasteiger partial charge in [0.05, 0.1) is 25.9 Å². The molecule has 128 valence electrons. The summed E-state index contributed by atoms with van der Waals surface area (Å²) in [5.41, 5.74) is 1.45. The van der Waals surface area contributed by atoms with E-state index >= 15 is 0 Å². The summed E-state index contributed by atoms with van der Waals surface area (Å²) >= 11 is 0. The average molecular weight is 330 g/mol. The molecule has 0 fully saturated rings. The summed E-state index contributed by atoms with van der Waals surface area (Å²) in [5.74, 6) is 1.19. The van der Waals surface area contributed by atoms with Crippen molar-refractivity contribution in [3.63, 3.8) is 0 Å². The van der Waals surface area contributed by atoms with Crippen LogP contribution in [0.25, 0.3) is 0 Å². The molecule has 1 amide bonds. The number of para-hydroxylation sites is 2. The normalized spacial score (nSPS) is 10.1. The monoisotopic (exact) mass is 330 g/mol. The van der Waals surface area contributed by atoms with Gasteiger partial charge in [0, 0.05) is 18.9 Å². The lowest BCUT2D eigenvalue weighted by Crippen LogP contribution is -2.22. The van der Waals surface area contributed by atoms with Crippen molar-refractivity contribution in [1.29, 1.82) is 0 Å². The Hall–Kier alpha value is -2.73. The third-order valence-corrected chi connectivity index (χ3v) is 3.22. The van der Waals surface area contributed by atoms with Crippen LogP contribution >= 0.6 is 0 Å². The number of carbonyl (C=O) groups is 1. The summed E-state index contributed by atoms with van der Waals surface area (Å²) in [7, 11) is 3.19. The van der Waals surface area contributed by atoms with Crippen LogP contribution in [0.1, 0.15) is 0 Å². The molecule has 0 bridgehead atoms. The standard InChI is InChI=1S/C18H22N2O4/c1-22-10-11-24-15-7-5-6-14(12-15)19-13-18(21)20-16-8-3-4-9-17(16)23-2/h3-9,12,19H,10-11,13H2,1-2H3,(H,20,21). The number of anilines is 2. The molecule has 0 aromatic heterocycles. The van der Waals surface area contributed by atoms with Crippen molar-refractivity contribution in [2.24, 2.45) is 0 Å². The Morgan fingerprint density at radius 2 is 1.88 bits per heavy atom. The van der Waals surface area contributed by atoms with E-state index in [9.17, 15) is 4.79 Å². The molecule has 0 heterocycles. The van der Waals surface area contributed by atoms with Crippen molar-refractivity contribution in [3.8, 4) is 11.5 Å². The molecule has 2 aromatic carbocycles. The van der Waals surface area contributed by atoms with E-state index in [0.717, 1.165) is 11.4 Å². The molecule has 0 aliphatic heterocycles. The van der Waals surface area contributed by atoms with Crippen molar-refractivity contribution in [2.45, 2.75) is 0 Å². The fraction of sp³-hybridized carbons (Fsp3) is 0.278. The van der Waals surface area contributed by atoms with Crippen LogP contribution in [-0.2, 0) is 9.53 Å². The van der Waals surface area contributed by atoms with Gasteiger partial charge in [-0.1, -0.05) is 18.2 Å². The summed E-state index contributed by atoms with van der Waals surface area (Å²) in [6.07, 6.45) is 0. The first kappa shape index (κ1) is 17.6. The third kappa shape index (κ3) is 5.48. The molecule has 0 saturated heterocycles. The van der Waals surface area contributed by atoms with Crippen molar-refractivity contribution >= 4 is 17.3 Å². The third-order valence-electron chi connectivity index (χ3n) is 3.22. The highest BCUT2D eigenvalue weighted by Crippen LogP contribution is 2.23. The Morgan fingerprint density at radius 1 is 1.04 bits per heavy atom. The van der Waals surface area contributed by atoms with Crippen molar-refractivity contribution in [1.82, 2.24) is 0 Å². The number of methoxy groups -OCH3 is 2. The van der Waals surface area contributed by atoms with E-state index in [-0.39, 0.29) is 12.5 Å². The minimum atomic E-state index is -0.162. The summed E-state index contributed by atoms with van der Waals surface area (Å²) < 4.78 is 15.7. The highest BCUT2D eigenvalue weighted by atomic mass is 16.5. The van der Waals surface area contributed by atoms with Gasteiger partial charge in [0.15, 0.2) is 0 Å². The van der Waals surface area contributed by atoms with E-state index in [2.05, 4.69) is 10.6 Å². The molecule has 6 heteroatoms. The summed E-state index contributed by atoms with van der Waals surface area (Å²) in [4.78, 5) is 12.1. The second kappa shape index (κ2) is 9.42. The van der Waals surface area contributed by atoms with Gasteiger partial charge in [-0.25, -0.2) is 0 Å². The van der Waals surface area contributed by atoms with E-state index in [1.807, 2.05) is 36.4 Å². The molecule has 0 saturated carbocycles. The minimum Gasteiger partial charge on any atom is -0.495 e. The highest BCUT2D eigenvalue weighted by molar-refractivity contribution is 5.95. The van der Waals surface area contributed by atoms with Gasteiger partial charge in [-0.2, -0.15) is 0 Å². The first-order chi connectivity index (χ1) is 11.7. The van der Waals surface area contributed by atoms with Crippen LogP contribution in [0.4, 0.5) is 11.4 Å². The lowest BCUT2D eigenvalue weighted by Gasteiger charge is -2.12. The number of hydrogen-bond donors (Lipinski definition) is 2. The Morgan fingerprint density at radius 3 is 2.67 bits per heavy atom. The van der Waals surface area contributed by atoms with Gasteiger partial charge in [-0.15, -0.1) is 0 Å². The Kier molecular flexibility index (Phi) is 6.91. The number of rotatable bonds is 9. The molecular weight excluding hydrogens is 308 g/mol. The number of amides is 1. The molecule has 24 heavy (non-hydrogen) atoms. The van der Waals surface area contributed by atoms with Crippen LogP contribution in [0.2, 0.25) is 0 Å². The quantitative estimate of drug-likeness (QED) is 0.692. The molecule has 6 nitrogen and oxygen atoms in total. The Labute approximate surface area is 141 Å². The van der Waals surface area contributed by atoms with Gasteiger partial charge >= 0.3 is 0 Å². The summed E-state index contributed by atoms with van der Waals surface area (Å²) in [6, 6.07) is 14.7. The topological polar surface area (TPSA) is 68.8 Å². The molecule has 0 aliphatic carbocycles. The minimum absolute atomic E-state index is 0.138. The van der Waals surface area contributed by atoms with E-state index in [0.29, 0.717) is 24.7 Å². The average Bonchev–Trinajstić information content (AvgIpc) is 2.61. The van der Waals surface area contributed by atoms with Gasteiger partial charge in [-0.3, -0.25) is 4.79 Å². The molecule has 2 aromatic rings. The maximum absolute atomic E-state index is 12.1. The maximum atomic E-state index is 12.1. The number of carbonyl (C=O) groups excluding carboxylic acids is 1. The van der Waals surface area contributed by atoms with Crippen LogP contribution < -0.4 is 20.1 Å². The Balaban J connectivity index is 1.86. The molecule has 2 N–H and O–H groups in total. The number of hydrogen-bond acceptors (Lipinski definition) is 5. The predicted molar refractivity (Wildman–Crippen MR) is 93.9 cm³/mol. The largest absolute Gasteiger partial charge is 0.495 e. The fourth-order valence-electron chi connectivity index (χ4n) is 2.06. The molecule has 0 spiro atoms. The zero-order valence-corrected chi connectivity index (χ0v) is 13.9. The lowest BCUT2D eigenvalue weighted by molar-refractivity contribution is -0.114. The van der Waals surface area contributed by atoms with Crippen molar-refractivity contribution < 1.29 is 19.0 Å². The molecule has 0 atom stereocenters. The Bertz CT molecular complexity index is 661. The number of ether oxygens (including phenoxy) is 3. The first-order valence-corrected chi connectivity index (χ1v) is 7.61. The fourth-order valence-corrected chi connectivity index (χ4v) is 2.06. The molecule has 0 aliphatic rings. The summed E-state index contributed by atoms with van der Waals surface area (Å²) in [6.45, 7) is 1.15. The number of nitrogens with one attached hydrogen (secondary N) is 2. The zero-order chi connectivity index (χ0) is 17.2. The second-order valence-corrected chi connectivity index (χ2v) is 4.97. The molecule has 0 radical (unpaired) electrons. The van der Waals surface area contributed by atoms with Crippen LogP contribution in [0, 0.1) is 0 Å². The zero-order valence-electron chi connectivity index (χ0n) is 13.9. The first-order valence-electron chi connectivity index (χ1n) is 7.61. The SMILES string of the molecule is COCCOc1cccc(NCC(=O)Nc2ccccc2OC)c1. The van der Waals surface area contributed by atoms with Gasteiger partial charge in [-0.05, 0) is 24.3 Å². The van der Waals surface area contributed by atoms with Crippen LogP contribution in [0.5, 0.6) is 11.5 Å².